The minimum atomic E-state index is -3.87. The largest absolute Gasteiger partial charge is 0.238 e. The van der Waals surface area contributed by atoms with Gasteiger partial charge in [0.2, 0.25) is 10.0 Å². The third kappa shape index (κ3) is 2.24. The smallest absolute Gasteiger partial charge is 0.225 e. The van der Waals surface area contributed by atoms with Crippen LogP contribution in [0.5, 0.6) is 0 Å². The van der Waals surface area contributed by atoms with Gasteiger partial charge in [0, 0.05) is 9.38 Å². The van der Waals surface area contributed by atoms with Gasteiger partial charge in [-0.2, -0.15) is 0 Å². The highest BCUT2D eigenvalue weighted by Crippen LogP contribution is 2.31. The van der Waals surface area contributed by atoms with Gasteiger partial charge in [-0.15, -0.1) is 0 Å². The Morgan fingerprint density at radius 2 is 2.14 bits per heavy atom. The lowest BCUT2D eigenvalue weighted by atomic mass is 10.3. The fraction of sp³-hybridized carbons (Fsp3) is 0. The molecule has 14 heavy (non-hydrogen) atoms. The molecule has 0 aliphatic carbocycles. The second kappa shape index (κ2) is 3.97. The van der Waals surface area contributed by atoms with Gasteiger partial charge < -0.3 is 0 Å². The Morgan fingerprint density at radius 1 is 1.50 bits per heavy atom. The van der Waals surface area contributed by atoms with E-state index in [-0.39, 0.29) is 10.6 Å². The Kier molecular flexibility index (Phi) is 3.12. The van der Waals surface area contributed by atoms with Crippen molar-refractivity contribution in [1.82, 2.24) is 0 Å². The Labute approximate surface area is 88.5 Å². The molecule has 0 heterocycles. The van der Waals surface area contributed by atoms with Gasteiger partial charge in [0.1, 0.15) is 0 Å². The summed E-state index contributed by atoms with van der Waals surface area (Å²) in [6.07, 6.45) is 0. The number of nitrogens with zero attached hydrogens (tertiary/aromatic N) is 3. The molecule has 0 aliphatic heterocycles. The average Bonchev–Trinajstić information content (AvgIpc) is 2.07. The summed E-state index contributed by atoms with van der Waals surface area (Å²) in [5.41, 5.74) is 8.21. The Morgan fingerprint density at radius 3 is 2.64 bits per heavy atom. The molecule has 1 aromatic rings. The van der Waals surface area contributed by atoms with Crippen molar-refractivity contribution in [3.05, 3.63) is 33.1 Å². The number of azide groups is 1. The van der Waals surface area contributed by atoms with E-state index in [4.69, 9.17) is 10.7 Å². The van der Waals surface area contributed by atoms with E-state index in [1.54, 1.807) is 6.07 Å². The molecule has 0 fully saturated rings. The number of nitrogens with two attached hydrogens (primary N) is 1. The van der Waals surface area contributed by atoms with Crippen LogP contribution in [0, 0.1) is 0 Å². The minimum absolute atomic E-state index is 0.0301. The van der Waals surface area contributed by atoms with Crippen molar-refractivity contribution in [2.75, 3.05) is 0 Å². The van der Waals surface area contributed by atoms with Crippen LogP contribution in [0.15, 0.2) is 32.7 Å². The summed E-state index contributed by atoms with van der Waals surface area (Å²) in [6.45, 7) is 0. The number of hydrogen-bond acceptors (Lipinski definition) is 3. The van der Waals surface area contributed by atoms with Crippen molar-refractivity contribution in [2.45, 2.75) is 4.90 Å². The number of rotatable bonds is 2. The van der Waals surface area contributed by atoms with Crippen LogP contribution in [-0.4, -0.2) is 8.42 Å². The van der Waals surface area contributed by atoms with Crippen LogP contribution in [-0.2, 0) is 10.0 Å². The topological polar surface area (TPSA) is 109 Å². The van der Waals surface area contributed by atoms with Crippen molar-refractivity contribution in [1.29, 1.82) is 0 Å². The van der Waals surface area contributed by atoms with Crippen LogP contribution < -0.4 is 5.14 Å². The lowest BCUT2D eigenvalue weighted by Gasteiger charge is -2.03. The Balaban J connectivity index is 3.60. The van der Waals surface area contributed by atoms with E-state index in [1.165, 1.54) is 12.1 Å². The van der Waals surface area contributed by atoms with Crippen molar-refractivity contribution in [3.63, 3.8) is 0 Å². The van der Waals surface area contributed by atoms with E-state index >= 15 is 0 Å². The Hall–Kier alpha value is -1.08. The number of sulfonamides is 1. The molecule has 0 saturated heterocycles. The third-order valence-electron chi connectivity index (χ3n) is 1.40. The standard InChI is InChI=1S/C6H5BrN4O2S/c7-4-2-1-3-5(14(9,12)13)6(4)10-11-8/h1-3H,(H2,9,12,13). The summed E-state index contributed by atoms with van der Waals surface area (Å²) in [6, 6.07) is 4.31. The highest BCUT2D eigenvalue weighted by atomic mass is 79.9. The highest BCUT2D eigenvalue weighted by molar-refractivity contribution is 9.10. The lowest BCUT2D eigenvalue weighted by molar-refractivity contribution is 0.598. The fourth-order valence-corrected chi connectivity index (χ4v) is 2.13. The first-order chi connectivity index (χ1) is 6.46. The molecule has 0 radical (unpaired) electrons. The summed E-state index contributed by atoms with van der Waals surface area (Å²) in [4.78, 5) is 2.31. The first kappa shape index (κ1) is 11.0. The van der Waals surface area contributed by atoms with Crippen LogP contribution in [0.4, 0.5) is 5.69 Å². The van der Waals surface area contributed by atoms with Crippen LogP contribution in [0.3, 0.4) is 0 Å². The summed E-state index contributed by atoms with van der Waals surface area (Å²) in [5.74, 6) is 0. The lowest BCUT2D eigenvalue weighted by Crippen LogP contribution is -2.12. The monoisotopic (exact) mass is 276 g/mol. The Bertz CT molecular complexity index is 507. The normalized spacial score (nSPS) is 10.7. The molecule has 0 aliphatic rings. The quantitative estimate of drug-likeness (QED) is 0.507. The number of benzene rings is 1. The van der Waals surface area contributed by atoms with Gasteiger partial charge >= 0.3 is 0 Å². The maximum absolute atomic E-state index is 11.1. The van der Waals surface area contributed by atoms with Crippen molar-refractivity contribution >= 4 is 31.6 Å². The molecule has 0 unspecified atom stereocenters. The van der Waals surface area contributed by atoms with Crippen molar-refractivity contribution < 1.29 is 8.42 Å². The van der Waals surface area contributed by atoms with E-state index in [0.29, 0.717) is 4.47 Å². The molecule has 0 bridgehead atoms. The zero-order valence-electron chi connectivity index (χ0n) is 6.75. The maximum Gasteiger partial charge on any atom is 0.238 e. The zero-order valence-corrected chi connectivity index (χ0v) is 9.16. The summed E-state index contributed by atoms with van der Waals surface area (Å²) in [7, 11) is -3.87. The number of primary sulfonamides is 1. The molecular formula is C6H5BrN4O2S. The van der Waals surface area contributed by atoms with Gasteiger partial charge in [-0.25, -0.2) is 13.6 Å². The molecule has 6 nitrogen and oxygen atoms in total. The molecule has 2 N–H and O–H groups in total. The molecule has 0 aromatic heterocycles. The molecule has 0 spiro atoms. The van der Waals surface area contributed by atoms with Gasteiger partial charge in [-0.05, 0) is 17.7 Å². The summed E-state index contributed by atoms with van der Waals surface area (Å²) < 4.78 is 22.5. The van der Waals surface area contributed by atoms with E-state index in [2.05, 4.69) is 26.0 Å². The average molecular weight is 277 g/mol. The van der Waals surface area contributed by atoms with Crippen molar-refractivity contribution in [2.24, 2.45) is 10.3 Å². The van der Waals surface area contributed by atoms with Gasteiger partial charge in [0.15, 0.2) is 0 Å². The number of halogens is 1. The molecule has 1 rings (SSSR count). The second-order valence-electron chi connectivity index (χ2n) is 2.32. The van der Waals surface area contributed by atoms with Crippen LogP contribution in [0.2, 0.25) is 0 Å². The van der Waals surface area contributed by atoms with Crippen LogP contribution in [0.25, 0.3) is 10.4 Å². The predicted octanol–water partition coefficient (Wildman–Crippen LogP) is 2.04. The first-order valence-electron chi connectivity index (χ1n) is 3.33. The highest BCUT2D eigenvalue weighted by Gasteiger charge is 2.14. The molecule has 74 valence electrons. The van der Waals surface area contributed by atoms with Crippen LogP contribution in [0.1, 0.15) is 0 Å². The van der Waals surface area contributed by atoms with Crippen molar-refractivity contribution in [3.8, 4) is 0 Å². The molecule has 0 amide bonds. The SMILES string of the molecule is [N-]=[N+]=Nc1c(Br)cccc1S(N)(=O)=O. The molecule has 0 saturated carbocycles. The summed E-state index contributed by atoms with van der Waals surface area (Å²) in [5, 5.41) is 8.17. The fourth-order valence-electron chi connectivity index (χ4n) is 0.867. The van der Waals surface area contributed by atoms with E-state index < -0.39 is 10.0 Å². The van der Waals surface area contributed by atoms with E-state index in [9.17, 15) is 8.42 Å². The van der Waals surface area contributed by atoms with Crippen LogP contribution >= 0.6 is 15.9 Å². The molecule has 0 atom stereocenters. The minimum Gasteiger partial charge on any atom is -0.225 e. The van der Waals surface area contributed by atoms with Gasteiger partial charge in [0.05, 0.1) is 10.6 Å². The molecule has 8 heteroatoms. The summed E-state index contributed by atoms with van der Waals surface area (Å²) >= 11 is 3.06. The maximum atomic E-state index is 11.1. The van der Waals surface area contributed by atoms with Gasteiger partial charge in [0.25, 0.3) is 0 Å². The van der Waals surface area contributed by atoms with Gasteiger partial charge in [-0.3, -0.25) is 0 Å². The zero-order chi connectivity index (χ0) is 10.8. The van der Waals surface area contributed by atoms with Gasteiger partial charge in [-0.1, -0.05) is 27.1 Å². The predicted molar refractivity (Wildman–Crippen MR) is 54.3 cm³/mol. The first-order valence-corrected chi connectivity index (χ1v) is 5.67. The molecule has 1 aromatic carbocycles. The van der Waals surface area contributed by atoms with E-state index in [0.717, 1.165) is 0 Å². The molecular weight excluding hydrogens is 272 g/mol. The second-order valence-corrected chi connectivity index (χ2v) is 4.71. The third-order valence-corrected chi connectivity index (χ3v) is 2.98. The van der Waals surface area contributed by atoms with E-state index in [1.807, 2.05) is 0 Å². The number of hydrogen-bond donors (Lipinski definition) is 1.